The zero-order valence-corrected chi connectivity index (χ0v) is 9.22. The van der Waals surface area contributed by atoms with E-state index in [9.17, 15) is 0 Å². The van der Waals surface area contributed by atoms with Crippen LogP contribution in [0.25, 0.3) is 0 Å². The molecule has 1 aromatic rings. The first-order valence-electron chi connectivity index (χ1n) is 5.25. The highest BCUT2D eigenvalue weighted by molar-refractivity contribution is 5.75. The lowest BCUT2D eigenvalue weighted by Crippen LogP contribution is -2.18. The van der Waals surface area contributed by atoms with Crippen LogP contribution in [0.4, 0.5) is 11.4 Å². The van der Waals surface area contributed by atoms with E-state index < -0.39 is 0 Å². The van der Waals surface area contributed by atoms with Crippen LogP contribution in [0.5, 0.6) is 0 Å². The van der Waals surface area contributed by atoms with Crippen molar-refractivity contribution in [1.82, 2.24) is 0 Å². The molecule has 2 nitrogen and oxygen atoms in total. The number of hydrogen-bond acceptors (Lipinski definition) is 2. The second-order valence-electron chi connectivity index (χ2n) is 4.18. The second-order valence-corrected chi connectivity index (χ2v) is 4.18. The van der Waals surface area contributed by atoms with Gasteiger partial charge in [0.15, 0.2) is 0 Å². The molecule has 14 heavy (non-hydrogen) atoms. The summed E-state index contributed by atoms with van der Waals surface area (Å²) in [5, 5.41) is 3.50. The Morgan fingerprint density at radius 2 is 2.07 bits per heavy atom. The van der Waals surface area contributed by atoms with Crippen molar-refractivity contribution in [3.63, 3.8) is 0 Å². The van der Waals surface area contributed by atoms with Gasteiger partial charge in [0.1, 0.15) is 0 Å². The van der Waals surface area contributed by atoms with Crippen LogP contribution in [-0.4, -0.2) is 20.1 Å². The minimum Gasteiger partial charge on any atom is -0.383 e. The Hall–Kier alpha value is -1.18. The van der Waals surface area contributed by atoms with E-state index >= 15 is 0 Å². The number of nitrogens with one attached hydrogen (secondary N) is 1. The fraction of sp³-hybridized carbons (Fsp3) is 0.500. The Balaban J connectivity index is 2.53. The molecule has 0 amide bonds. The van der Waals surface area contributed by atoms with Gasteiger partial charge in [0.25, 0.3) is 0 Å². The quantitative estimate of drug-likeness (QED) is 0.676. The van der Waals surface area contributed by atoms with Gasteiger partial charge in [0, 0.05) is 20.1 Å². The van der Waals surface area contributed by atoms with E-state index in [1.54, 1.807) is 0 Å². The van der Waals surface area contributed by atoms with Gasteiger partial charge < -0.3 is 10.2 Å². The summed E-state index contributed by atoms with van der Waals surface area (Å²) in [7, 11) is 2.17. The number of aryl methyl sites for hydroxylation is 2. The van der Waals surface area contributed by atoms with E-state index in [-0.39, 0.29) is 0 Å². The average molecular weight is 190 g/mol. The summed E-state index contributed by atoms with van der Waals surface area (Å²) in [5.41, 5.74) is 5.37. The zero-order chi connectivity index (χ0) is 10.1. The topological polar surface area (TPSA) is 15.3 Å². The van der Waals surface area contributed by atoms with Gasteiger partial charge in [-0.1, -0.05) is 6.07 Å². The fourth-order valence-corrected chi connectivity index (χ4v) is 2.25. The maximum Gasteiger partial charge on any atom is 0.0629 e. The molecule has 2 heteroatoms. The third kappa shape index (κ3) is 1.57. The molecule has 0 radical (unpaired) electrons. The van der Waals surface area contributed by atoms with Crippen molar-refractivity contribution >= 4 is 11.4 Å². The minimum absolute atomic E-state index is 1.08. The summed E-state index contributed by atoms with van der Waals surface area (Å²) in [6, 6.07) is 4.49. The van der Waals surface area contributed by atoms with Crippen LogP contribution in [0.3, 0.4) is 0 Å². The van der Waals surface area contributed by atoms with Crippen LogP contribution in [0.1, 0.15) is 17.5 Å². The van der Waals surface area contributed by atoms with E-state index in [0.29, 0.717) is 0 Å². The van der Waals surface area contributed by atoms with Crippen molar-refractivity contribution in [2.24, 2.45) is 0 Å². The summed E-state index contributed by atoms with van der Waals surface area (Å²) in [4.78, 5) is 2.35. The van der Waals surface area contributed by atoms with Gasteiger partial charge in [-0.3, -0.25) is 0 Å². The summed E-state index contributed by atoms with van der Waals surface area (Å²) >= 11 is 0. The van der Waals surface area contributed by atoms with Gasteiger partial charge in [0.05, 0.1) is 11.4 Å². The smallest absolute Gasteiger partial charge is 0.0629 e. The Morgan fingerprint density at radius 3 is 2.86 bits per heavy atom. The summed E-state index contributed by atoms with van der Waals surface area (Å²) in [5.74, 6) is 0. The van der Waals surface area contributed by atoms with E-state index in [1.165, 1.54) is 28.9 Å². The van der Waals surface area contributed by atoms with Gasteiger partial charge in [-0.05, 0) is 37.5 Å². The summed E-state index contributed by atoms with van der Waals surface area (Å²) in [6.07, 6.45) is 1.21. The maximum atomic E-state index is 3.50. The van der Waals surface area contributed by atoms with Crippen LogP contribution in [0, 0.1) is 13.8 Å². The lowest BCUT2D eigenvalue weighted by molar-refractivity contribution is 0.835. The van der Waals surface area contributed by atoms with E-state index in [1.807, 2.05) is 0 Å². The molecule has 1 aromatic carbocycles. The SMILES string of the molecule is Cc1cc(C)c2c(c1)NCCCN2C. The van der Waals surface area contributed by atoms with Crippen molar-refractivity contribution in [3.8, 4) is 0 Å². The van der Waals surface area contributed by atoms with Gasteiger partial charge >= 0.3 is 0 Å². The fourth-order valence-electron chi connectivity index (χ4n) is 2.25. The maximum absolute atomic E-state index is 3.50. The number of rotatable bonds is 0. The monoisotopic (exact) mass is 190 g/mol. The van der Waals surface area contributed by atoms with Crippen molar-refractivity contribution in [2.75, 3.05) is 30.4 Å². The highest BCUT2D eigenvalue weighted by Crippen LogP contribution is 2.32. The first-order valence-corrected chi connectivity index (χ1v) is 5.25. The Labute approximate surface area is 85.9 Å². The van der Waals surface area contributed by atoms with Crippen molar-refractivity contribution < 1.29 is 0 Å². The molecule has 0 saturated heterocycles. The molecule has 1 heterocycles. The number of fused-ring (bicyclic) bond motifs is 1. The second kappa shape index (κ2) is 3.52. The number of hydrogen-bond donors (Lipinski definition) is 1. The zero-order valence-electron chi connectivity index (χ0n) is 9.22. The summed E-state index contributed by atoms with van der Waals surface area (Å²) < 4.78 is 0. The molecule has 0 spiro atoms. The highest BCUT2D eigenvalue weighted by Gasteiger charge is 2.13. The molecular formula is C12H18N2. The van der Waals surface area contributed by atoms with Gasteiger partial charge in [0.2, 0.25) is 0 Å². The Kier molecular flexibility index (Phi) is 2.36. The van der Waals surface area contributed by atoms with Crippen LogP contribution >= 0.6 is 0 Å². The predicted octanol–water partition coefficient (Wildman–Crippen LogP) is 2.56. The molecule has 2 rings (SSSR count). The van der Waals surface area contributed by atoms with Crippen molar-refractivity contribution in [3.05, 3.63) is 23.3 Å². The van der Waals surface area contributed by atoms with Gasteiger partial charge in [-0.25, -0.2) is 0 Å². The lowest BCUT2D eigenvalue weighted by atomic mass is 10.1. The van der Waals surface area contributed by atoms with E-state index in [4.69, 9.17) is 0 Å². The normalized spacial score (nSPS) is 15.8. The molecule has 1 N–H and O–H groups in total. The first kappa shape index (κ1) is 9.38. The van der Waals surface area contributed by atoms with Crippen molar-refractivity contribution in [1.29, 1.82) is 0 Å². The first-order chi connectivity index (χ1) is 6.68. The molecule has 0 saturated carbocycles. The highest BCUT2D eigenvalue weighted by atomic mass is 15.1. The third-order valence-electron chi connectivity index (χ3n) is 2.81. The molecule has 0 unspecified atom stereocenters. The van der Waals surface area contributed by atoms with Crippen LogP contribution in [0.2, 0.25) is 0 Å². The molecule has 76 valence electrons. The van der Waals surface area contributed by atoms with Gasteiger partial charge in [-0.2, -0.15) is 0 Å². The molecule has 0 fully saturated rings. The number of nitrogens with zero attached hydrogens (tertiary/aromatic N) is 1. The molecule has 0 aliphatic carbocycles. The average Bonchev–Trinajstić information content (AvgIpc) is 2.27. The molecule has 0 aromatic heterocycles. The number of anilines is 2. The standard InChI is InChI=1S/C12H18N2/c1-9-7-10(2)12-11(8-9)13-5-4-6-14(12)3/h7-8,13H,4-6H2,1-3H3. The van der Waals surface area contributed by atoms with Crippen LogP contribution < -0.4 is 10.2 Å². The molecule has 0 atom stereocenters. The summed E-state index contributed by atoms with van der Waals surface area (Å²) in [6.45, 7) is 6.57. The van der Waals surface area contributed by atoms with Crippen LogP contribution in [-0.2, 0) is 0 Å². The van der Waals surface area contributed by atoms with E-state index in [0.717, 1.165) is 13.1 Å². The van der Waals surface area contributed by atoms with Crippen molar-refractivity contribution in [2.45, 2.75) is 20.3 Å². The molecule has 1 aliphatic rings. The number of benzene rings is 1. The third-order valence-corrected chi connectivity index (χ3v) is 2.81. The van der Waals surface area contributed by atoms with Crippen LogP contribution in [0.15, 0.2) is 12.1 Å². The van der Waals surface area contributed by atoms with E-state index in [2.05, 4.69) is 43.2 Å². The Bertz CT molecular complexity index is 344. The minimum atomic E-state index is 1.08. The lowest BCUT2D eigenvalue weighted by Gasteiger charge is -2.21. The predicted molar refractivity (Wildman–Crippen MR) is 62.3 cm³/mol. The largest absolute Gasteiger partial charge is 0.383 e. The molecule has 0 bridgehead atoms. The Morgan fingerprint density at radius 1 is 1.29 bits per heavy atom. The molecular weight excluding hydrogens is 172 g/mol. The van der Waals surface area contributed by atoms with Gasteiger partial charge in [-0.15, -0.1) is 0 Å². The molecule has 1 aliphatic heterocycles.